The van der Waals surface area contributed by atoms with E-state index in [1.807, 2.05) is 26.0 Å². The first kappa shape index (κ1) is 44.5. The quantitative estimate of drug-likeness (QED) is 0.123. The molecule has 0 heterocycles. The van der Waals surface area contributed by atoms with Gasteiger partial charge in [0.15, 0.2) is 0 Å². The first-order valence-electron chi connectivity index (χ1n) is 18.0. The summed E-state index contributed by atoms with van der Waals surface area (Å²) in [7, 11) is 3.18. The number of alkyl halides is 3. The van der Waals surface area contributed by atoms with Crippen molar-refractivity contribution in [3.63, 3.8) is 0 Å². The number of nitrogens with one attached hydrogen (secondary N) is 2. The normalized spacial score (nSPS) is 16.5. The van der Waals surface area contributed by atoms with Crippen molar-refractivity contribution in [3.05, 3.63) is 70.3 Å². The van der Waals surface area contributed by atoms with Gasteiger partial charge in [0.05, 0.1) is 25.1 Å². The van der Waals surface area contributed by atoms with Crippen LogP contribution in [0.3, 0.4) is 0 Å². The van der Waals surface area contributed by atoms with E-state index in [1.54, 1.807) is 31.0 Å². The lowest BCUT2D eigenvalue weighted by atomic mass is 9.71. The molecule has 0 aromatic heterocycles. The number of benzene rings is 2. The summed E-state index contributed by atoms with van der Waals surface area (Å²) in [6.45, 7) is 15.2. The second-order valence-electron chi connectivity index (χ2n) is 13.6. The number of unbranched alkanes of at least 4 members (excludes halogenated alkanes) is 1. The Morgan fingerprint density at radius 1 is 1.02 bits per heavy atom. The Labute approximate surface area is 298 Å². The van der Waals surface area contributed by atoms with Gasteiger partial charge in [0.2, 0.25) is 0 Å². The van der Waals surface area contributed by atoms with E-state index in [2.05, 4.69) is 37.7 Å². The van der Waals surface area contributed by atoms with Crippen LogP contribution in [0.1, 0.15) is 138 Å². The Kier molecular flexibility index (Phi) is 19.3. The van der Waals surface area contributed by atoms with Crippen molar-refractivity contribution in [3.8, 4) is 0 Å². The molecule has 2 aromatic rings. The molecular formula is C40H60F3N3O4. The number of rotatable bonds is 13. The fourth-order valence-electron chi connectivity index (χ4n) is 6.23. The molecule has 1 fully saturated rings. The number of carbonyl (C=O) groups is 3. The van der Waals surface area contributed by atoms with E-state index in [1.165, 1.54) is 13.2 Å². The number of nitrogens with zero attached hydrogens (tertiary/aromatic N) is 1. The Balaban J connectivity index is 0.00000110. The molecule has 7 nitrogen and oxygen atoms in total. The van der Waals surface area contributed by atoms with Gasteiger partial charge < -0.3 is 15.0 Å². The Morgan fingerprint density at radius 2 is 1.62 bits per heavy atom. The largest absolute Gasteiger partial charge is 0.469 e. The summed E-state index contributed by atoms with van der Waals surface area (Å²) in [5, 5.41) is 11.7. The summed E-state index contributed by atoms with van der Waals surface area (Å²) in [6.07, 6.45) is 2.88. The number of aldehydes is 1. The van der Waals surface area contributed by atoms with Gasteiger partial charge >= 0.3 is 12.1 Å². The van der Waals surface area contributed by atoms with Crippen LogP contribution in [0.5, 0.6) is 0 Å². The fraction of sp³-hybridized carbons (Fsp3) is 0.600. The maximum atomic E-state index is 14.2. The first-order chi connectivity index (χ1) is 23.6. The van der Waals surface area contributed by atoms with E-state index in [-0.39, 0.29) is 29.0 Å². The van der Waals surface area contributed by atoms with E-state index < -0.39 is 23.4 Å². The van der Waals surface area contributed by atoms with Crippen molar-refractivity contribution >= 4 is 23.9 Å². The topological polar surface area (TPSA) is 99.6 Å². The van der Waals surface area contributed by atoms with Crippen LogP contribution in [-0.2, 0) is 26.9 Å². The van der Waals surface area contributed by atoms with Crippen LogP contribution in [0.4, 0.5) is 13.2 Å². The van der Waals surface area contributed by atoms with Crippen molar-refractivity contribution in [2.24, 2.45) is 11.3 Å². The van der Waals surface area contributed by atoms with Crippen LogP contribution in [0, 0.1) is 16.7 Å². The lowest BCUT2D eigenvalue weighted by molar-refractivity contribution is -0.140. The van der Waals surface area contributed by atoms with Crippen LogP contribution >= 0.6 is 0 Å². The lowest BCUT2D eigenvalue weighted by Gasteiger charge is -2.44. The minimum absolute atomic E-state index is 0.00408. The van der Waals surface area contributed by atoms with Crippen LogP contribution in [0.2, 0.25) is 0 Å². The summed E-state index contributed by atoms with van der Waals surface area (Å²) < 4.78 is 45.4. The van der Waals surface area contributed by atoms with E-state index in [9.17, 15) is 27.6 Å². The first-order valence-corrected chi connectivity index (χ1v) is 18.0. The summed E-state index contributed by atoms with van der Waals surface area (Å²) in [4.78, 5) is 37.6. The molecule has 0 radical (unpaired) electrons. The van der Waals surface area contributed by atoms with Gasteiger partial charge in [-0.1, -0.05) is 85.6 Å². The van der Waals surface area contributed by atoms with Gasteiger partial charge in [-0.25, -0.2) is 0 Å². The molecule has 1 saturated carbocycles. The lowest BCUT2D eigenvalue weighted by Crippen LogP contribution is -2.48. The minimum atomic E-state index is -4.57. The zero-order valence-corrected chi connectivity index (χ0v) is 31.6. The number of aryl methyl sites for hydroxylation is 1. The van der Waals surface area contributed by atoms with Crippen molar-refractivity contribution in [2.75, 3.05) is 20.7 Å². The van der Waals surface area contributed by atoms with Crippen molar-refractivity contribution < 1.29 is 32.3 Å². The van der Waals surface area contributed by atoms with Gasteiger partial charge in [0.1, 0.15) is 12.0 Å². The third kappa shape index (κ3) is 13.6. The zero-order valence-electron chi connectivity index (χ0n) is 31.6. The highest BCUT2D eigenvalue weighted by Crippen LogP contribution is 2.42. The van der Waals surface area contributed by atoms with Crippen LogP contribution in [0.25, 0.3) is 0 Å². The number of ether oxygens (including phenoxy) is 1. The molecule has 280 valence electrons. The molecule has 0 saturated heterocycles. The van der Waals surface area contributed by atoms with Gasteiger partial charge in [-0.15, -0.1) is 0 Å². The zero-order chi connectivity index (χ0) is 38.1. The van der Waals surface area contributed by atoms with Crippen molar-refractivity contribution in [1.29, 1.82) is 5.41 Å². The van der Waals surface area contributed by atoms with E-state index in [4.69, 9.17) is 5.41 Å². The molecule has 1 atom stereocenters. The molecule has 2 aromatic carbocycles. The van der Waals surface area contributed by atoms with Crippen LogP contribution in [-0.4, -0.2) is 55.5 Å². The summed E-state index contributed by atoms with van der Waals surface area (Å²) in [5.74, 6) is -0.197. The molecule has 1 aliphatic carbocycles. The van der Waals surface area contributed by atoms with Crippen molar-refractivity contribution in [2.45, 2.75) is 125 Å². The molecule has 3 rings (SSSR count). The molecule has 0 bridgehead atoms. The van der Waals surface area contributed by atoms with Gasteiger partial charge in [0, 0.05) is 23.7 Å². The van der Waals surface area contributed by atoms with Gasteiger partial charge in [0.25, 0.3) is 5.91 Å². The maximum Gasteiger partial charge on any atom is 0.416 e. The predicted molar refractivity (Wildman–Crippen MR) is 196 cm³/mol. The van der Waals surface area contributed by atoms with E-state index >= 15 is 0 Å². The van der Waals surface area contributed by atoms with E-state index in [0.717, 1.165) is 62.5 Å². The highest BCUT2D eigenvalue weighted by atomic mass is 19.4. The maximum absolute atomic E-state index is 14.2. The van der Waals surface area contributed by atoms with Crippen molar-refractivity contribution in [1.82, 2.24) is 10.2 Å². The van der Waals surface area contributed by atoms with E-state index in [0.29, 0.717) is 42.9 Å². The number of methoxy groups -OCH3 is 1. The van der Waals surface area contributed by atoms with Crippen LogP contribution < -0.4 is 5.32 Å². The summed E-state index contributed by atoms with van der Waals surface area (Å²) in [5.41, 5.74) is 0.727. The highest BCUT2D eigenvalue weighted by Gasteiger charge is 2.39. The Morgan fingerprint density at radius 3 is 2.08 bits per heavy atom. The number of amides is 1. The average Bonchev–Trinajstić information content (AvgIpc) is 3.12. The summed E-state index contributed by atoms with van der Waals surface area (Å²) in [6, 6.07) is 10.2. The van der Waals surface area contributed by atoms with Gasteiger partial charge in [-0.3, -0.25) is 19.8 Å². The molecule has 0 aliphatic heterocycles. The van der Waals surface area contributed by atoms with Crippen LogP contribution in [0.15, 0.2) is 42.5 Å². The fourth-order valence-corrected chi connectivity index (χ4v) is 6.23. The molecular weight excluding hydrogens is 643 g/mol. The number of hydrogen-bond acceptors (Lipinski definition) is 6. The number of hydrogen-bond donors (Lipinski definition) is 2. The minimum Gasteiger partial charge on any atom is -0.469 e. The third-order valence-corrected chi connectivity index (χ3v) is 9.21. The highest BCUT2D eigenvalue weighted by molar-refractivity contribution is 6.44. The number of halogens is 3. The monoisotopic (exact) mass is 703 g/mol. The third-order valence-electron chi connectivity index (χ3n) is 9.21. The molecule has 10 heteroatoms. The number of esters is 1. The molecule has 1 amide bonds. The molecule has 0 spiro atoms. The van der Waals surface area contributed by atoms with Gasteiger partial charge in [-0.05, 0) is 86.2 Å². The Bertz CT molecular complexity index is 1350. The molecule has 1 unspecified atom stereocenters. The average molecular weight is 704 g/mol. The summed E-state index contributed by atoms with van der Waals surface area (Å²) >= 11 is 0. The Hall–Kier alpha value is -3.53. The molecule has 50 heavy (non-hydrogen) atoms. The smallest absolute Gasteiger partial charge is 0.416 e. The second kappa shape index (κ2) is 21.6. The van der Waals surface area contributed by atoms with Gasteiger partial charge in [-0.2, -0.15) is 13.2 Å². The second-order valence-corrected chi connectivity index (χ2v) is 13.6. The molecule has 1 aliphatic rings. The predicted octanol–water partition coefficient (Wildman–Crippen LogP) is 9.61. The SMILES string of the molecule is CC.CCCCC(c1ccc(C=O)cc1)N(C(=O)C(=N)c1cc(CC)cc(C(F)(F)F)c1)C1CCC(C(C)(C)C)CC1.CNCCC(=O)OC. The molecule has 2 N–H and O–H groups in total. The number of carbonyl (C=O) groups excluding carboxylic acids is 3. The standard InChI is InChI=1S/C33H43F3N2O2.C5H11NO2.C2H6/c1-6-8-9-29(24-12-10-23(21-39)11-13-24)38(28-16-14-26(15-17-28)32(3,4)5)31(40)30(37)25-18-22(7-2)19-27(20-25)33(34,35)36;1-6-4-3-5(7)8-2;1-2/h10-13,18-21,26,28-29,37H,6-9,14-17H2,1-5H3;6H,3-4H2,1-2H3;1-2H3.